The van der Waals surface area contributed by atoms with Gasteiger partial charge in [-0.05, 0) is 38.0 Å². The molecule has 3 saturated heterocycles. The average molecular weight is 475 g/mol. The van der Waals surface area contributed by atoms with E-state index in [1.807, 2.05) is 0 Å². The number of aromatic nitrogens is 1. The second kappa shape index (κ2) is 8.18. The van der Waals surface area contributed by atoms with Gasteiger partial charge in [0, 0.05) is 10.1 Å². The molecule has 162 valence electrons. The Kier molecular flexibility index (Phi) is 6.15. The van der Waals surface area contributed by atoms with Crippen LogP contribution in [0.15, 0.2) is 5.38 Å². The molecule has 5 rings (SSSR count). The minimum Gasteiger partial charge on any atom is -0.548 e. The molecular weight excluding hydrogens is 451 g/mol. The number of thiazole rings is 1. The number of nitrogens with zero attached hydrogens (tertiary/aromatic N) is 2. The smallest absolute Gasteiger partial charge is 0.548 e. The first-order valence-electron chi connectivity index (χ1n) is 9.99. The van der Waals surface area contributed by atoms with E-state index < -0.39 is 34.1 Å². The van der Waals surface area contributed by atoms with Crippen LogP contribution < -0.4 is 45.7 Å². The third-order valence-corrected chi connectivity index (χ3v) is 9.08. The molecule has 0 bridgehead atoms. The van der Waals surface area contributed by atoms with Gasteiger partial charge in [-0.1, -0.05) is 0 Å². The Bertz CT molecular complexity index is 917. The maximum atomic E-state index is 13.2. The Balaban J connectivity index is 0.00000231. The molecule has 0 radical (unpaired) electrons. The Hall–Kier alpha value is -0.850. The van der Waals surface area contributed by atoms with Crippen molar-refractivity contribution < 1.29 is 53.8 Å². The predicted molar refractivity (Wildman–Crippen MR) is 108 cm³/mol. The van der Waals surface area contributed by atoms with Crippen molar-refractivity contribution in [2.45, 2.75) is 48.4 Å². The van der Waals surface area contributed by atoms with Crippen LogP contribution in [0.5, 0.6) is 0 Å². The SMILES string of the molecule is CC1(C)S[C@@H]2[C@H](NC(=O)C(CC3C4COCC43)c3csc(N)n3)C(=O)N2[C@H]1C(=O)[O-].[Na+]. The molecule has 3 unspecified atom stereocenters. The van der Waals surface area contributed by atoms with Crippen molar-refractivity contribution in [2.24, 2.45) is 17.8 Å². The van der Waals surface area contributed by atoms with Gasteiger partial charge in [0.2, 0.25) is 11.8 Å². The van der Waals surface area contributed by atoms with Gasteiger partial charge < -0.3 is 30.6 Å². The second-order valence-corrected chi connectivity index (χ2v) is 11.7. The van der Waals surface area contributed by atoms with E-state index in [0.717, 1.165) is 13.2 Å². The molecule has 2 amide bonds. The normalized spacial score (nSPS) is 35.4. The molecule has 3 N–H and O–H groups in total. The fraction of sp³-hybridized carbons (Fsp3) is 0.684. The number of hydrogen-bond donors (Lipinski definition) is 2. The molecule has 0 aromatic carbocycles. The number of β-lactam (4-membered cyclic amide) rings is 1. The van der Waals surface area contributed by atoms with Gasteiger partial charge in [-0.25, -0.2) is 4.98 Å². The zero-order valence-corrected chi connectivity index (χ0v) is 21.2. The van der Waals surface area contributed by atoms with Crippen LogP contribution in [0.1, 0.15) is 31.9 Å². The molecule has 6 atom stereocenters. The van der Waals surface area contributed by atoms with Gasteiger partial charge in [-0.15, -0.1) is 23.1 Å². The molecule has 1 aromatic heterocycles. The van der Waals surface area contributed by atoms with Crippen LogP contribution in [-0.2, 0) is 19.1 Å². The van der Waals surface area contributed by atoms with E-state index in [1.165, 1.54) is 28.0 Å². The van der Waals surface area contributed by atoms with Gasteiger partial charge in [0.15, 0.2) is 5.13 Å². The van der Waals surface area contributed by atoms with Crippen LogP contribution >= 0.6 is 23.1 Å². The van der Waals surface area contributed by atoms with E-state index in [2.05, 4.69) is 10.3 Å². The van der Waals surface area contributed by atoms with Crippen molar-refractivity contribution in [3.05, 3.63) is 11.1 Å². The number of anilines is 1. The minimum absolute atomic E-state index is 0. The van der Waals surface area contributed by atoms with E-state index >= 15 is 0 Å². The molecular formula is C19H23N4NaO5S2. The predicted octanol–water partition coefficient (Wildman–Crippen LogP) is -3.61. The maximum Gasteiger partial charge on any atom is 1.00 e. The van der Waals surface area contributed by atoms with Gasteiger partial charge in [0.25, 0.3) is 0 Å². The monoisotopic (exact) mass is 474 g/mol. The van der Waals surface area contributed by atoms with Gasteiger partial charge in [0.1, 0.15) is 11.4 Å². The third-order valence-electron chi connectivity index (χ3n) is 6.81. The molecule has 4 aliphatic rings. The number of ether oxygens (including phenoxy) is 1. The number of fused-ring (bicyclic) bond motifs is 2. The van der Waals surface area contributed by atoms with Crippen molar-refractivity contribution in [3.63, 3.8) is 0 Å². The summed E-state index contributed by atoms with van der Waals surface area (Å²) < 4.78 is 4.76. The first-order chi connectivity index (χ1) is 14.2. The molecule has 4 heterocycles. The molecule has 1 aliphatic carbocycles. The van der Waals surface area contributed by atoms with Crippen molar-refractivity contribution in [2.75, 3.05) is 18.9 Å². The van der Waals surface area contributed by atoms with Crippen LogP contribution in [0.3, 0.4) is 0 Å². The van der Waals surface area contributed by atoms with Gasteiger partial charge in [0.05, 0.1) is 36.8 Å². The van der Waals surface area contributed by atoms with E-state index in [4.69, 9.17) is 10.5 Å². The van der Waals surface area contributed by atoms with E-state index in [1.54, 1.807) is 19.2 Å². The van der Waals surface area contributed by atoms with Gasteiger partial charge in [-0.2, -0.15) is 0 Å². The van der Waals surface area contributed by atoms with Crippen LogP contribution in [0.25, 0.3) is 0 Å². The zero-order chi connectivity index (χ0) is 21.4. The number of rotatable bonds is 6. The van der Waals surface area contributed by atoms with Crippen molar-refractivity contribution >= 4 is 46.0 Å². The number of nitrogens with one attached hydrogen (secondary N) is 1. The number of hydrogen-bond acceptors (Lipinski definition) is 9. The van der Waals surface area contributed by atoms with Crippen molar-refractivity contribution in [3.8, 4) is 0 Å². The number of carboxylic acid groups (broad SMARTS) is 1. The molecule has 31 heavy (non-hydrogen) atoms. The Morgan fingerprint density at radius 2 is 2.10 bits per heavy atom. The van der Waals surface area contributed by atoms with Crippen LogP contribution in [0.4, 0.5) is 5.13 Å². The van der Waals surface area contributed by atoms with E-state index in [9.17, 15) is 19.5 Å². The summed E-state index contributed by atoms with van der Waals surface area (Å²) in [6.45, 7) is 5.02. The topological polar surface area (TPSA) is 138 Å². The number of amides is 2. The van der Waals surface area contributed by atoms with Crippen LogP contribution in [0, 0.1) is 17.8 Å². The quantitative estimate of drug-likeness (QED) is 0.319. The van der Waals surface area contributed by atoms with E-state index in [0.29, 0.717) is 35.0 Å². The minimum atomic E-state index is -1.27. The van der Waals surface area contributed by atoms with Crippen LogP contribution in [-0.4, -0.2) is 63.1 Å². The standard InChI is InChI=1S/C19H24N4O5S2.Na/c1-19(2)13(17(26)27)23-15(25)12(16(23)30-19)22-14(24)8(11-6-29-18(20)21-11)3-7-9-4-28-5-10(7)9;/h6-10,12-13,16H,3-5H2,1-2H3,(H2,20,21)(H,22,24)(H,26,27);/q;+1/p-1/t7?,8?,9?,10?,12-,13+,16-;/m1./s1. The van der Waals surface area contributed by atoms with Crippen LogP contribution in [0.2, 0.25) is 0 Å². The number of aliphatic carboxylic acids is 1. The summed E-state index contributed by atoms with van der Waals surface area (Å²) in [7, 11) is 0. The third kappa shape index (κ3) is 3.80. The number of nitrogen functional groups attached to an aromatic ring is 1. The first-order valence-corrected chi connectivity index (χ1v) is 11.7. The van der Waals surface area contributed by atoms with Crippen molar-refractivity contribution in [1.82, 2.24) is 15.2 Å². The summed E-state index contributed by atoms with van der Waals surface area (Å²) in [5, 5.41) is 16.2. The second-order valence-electron chi connectivity index (χ2n) is 8.99. The van der Waals surface area contributed by atoms with Gasteiger partial charge in [-0.3, -0.25) is 9.59 Å². The summed E-state index contributed by atoms with van der Waals surface area (Å²) in [4.78, 5) is 43.1. The van der Waals surface area contributed by atoms with Gasteiger partial charge >= 0.3 is 29.6 Å². The number of thioether (sulfide) groups is 1. The Morgan fingerprint density at radius 1 is 1.42 bits per heavy atom. The number of carboxylic acids is 1. The zero-order valence-electron chi connectivity index (χ0n) is 17.6. The summed E-state index contributed by atoms with van der Waals surface area (Å²) in [5.41, 5.74) is 6.41. The molecule has 1 saturated carbocycles. The largest absolute Gasteiger partial charge is 1.00 e. The molecule has 3 aliphatic heterocycles. The number of nitrogens with two attached hydrogens (primary N) is 1. The average Bonchev–Trinajstić information content (AvgIpc) is 3.06. The summed E-state index contributed by atoms with van der Waals surface area (Å²) in [5.74, 6) is -1.01. The molecule has 1 aromatic rings. The molecule has 12 heteroatoms. The first kappa shape index (κ1) is 23.3. The number of carbonyl (C=O) groups is 3. The fourth-order valence-electron chi connectivity index (χ4n) is 5.18. The maximum absolute atomic E-state index is 13.2. The summed E-state index contributed by atoms with van der Waals surface area (Å²) in [6.07, 6.45) is 0.642. The van der Waals surface area contributed by atoms with E-state index in [-0.39, 0.29) is 41.4 Å². The summed E-state index contributed by atoms with van der Waals surface area (Å²) in [6, 6.07) is -1.75. The van der Waals surface area contributed by atoms with Crippen molar-refractivity contribution in [1.29, 1.82) is 0 Å². The Labute approximate surface area is 210 Å². The Morgan fingerprint density at radius 3 is 2.68 bits per heavy atom. The molecule has 4 fully saturated rings. The molecule has 0 spiro atoms. The fourth-order valence-corrected chi connectivity index (χ4v) is 7.42. The summed E-state index contributed by atoms with van der Waals surface area (Å²) >= 11 is 2.67. The molecule has 9 nitrogen and oxygen atoms in total. The number of carbonyl (C=O) groups excluding carboxylic acids is 3.